The molecule has 4 aromatic rings. The van der Waals surface area contributed by atoms with E-state index in [1.165, 1.54) is 12.1 Å². The molecule has 1 aromatic carbocycles. The van der Waals surface area contributed by atoms with Crippen LogP contribution >= 0.6 is 0 Å². The number of ether oxygens (including phenoxy) is 1. The number of fused-ring (bicyclic) bond motifs is 1. The van der Waals surface area contributed by atoms with Crippen LogP contribution in [0.3, 0.4) is 0 Å². The topological polar surface area (TPSA) is 84.1 Å². The van der Waals surface area contributed by atoms with Gasteiger partial charge in [-0.3, -0.25) is 9.20 Å². The minimum atomic E-state index is -0.364. The highest BCUT2D eigenvalue weighted by molar-refractivity contribution is 6.31. The number of aromatic nitrogens is 3. The van der Waals surface area contributed by atoms with Gasteiger partial charge in [0.2, 0.25) is 0 Å². The zero-order chi connectivity index (χ0) is 25.1. The summed E-state index contributed by atoms with van der Waals surface area (Å²) in [7, 11) is 0. The van der Waals surface area contributed by atoms with Gasteiger partial charge in [0, 0.05) is 62.6 Å². The van der Waals surface area contributed by atoms with Crippen molar-refractivity contribution >= 4 is 39.6 Å². The first kappa shape index (κ1) is 22.1. The summed E-state index contributed by atoms with van der Waals surface area (Å²) in [6.07, 6.45) is 5.58. The van der Waals surface area contributed by atoms with Gasteiger partial charge < -0.3 is 24.4 Å². The zero-order valence-electron chi connectivity index (χ0n) is 20.1. The molecule has 3 amide bonds. The molecule has 1 N–H and O–H groups in total. The highest BCUT2D eigenvalue weighted by Crippen LogP contribution is 2.38. The molecule has 0 saturated carbocycles. The number of morpholine rings is 1. The number of nitrogens with zero attached hydrogens (tertiary/aromatic N) is 5. The van der Waals surface area contributed by atoms with E-state index in [1.807, 2.05) is 35.0 Å². The molecule has 0 atom stereocenters. The second-order valence-electron chi connectivity index (χ2n) is 9.61. The highest BCUT2D eigenvalue weighted by Gasteiger charge is 2.32. The molecule has 6 heterocycles. The number of urea groups is 1. The summed E-state index contributed by atoms with van der Waals surface area (Å²) < 4.78 is 24.4. The van der Waals surface area contributed by atoms with E-state index in [0.29, 0.717) is 63.7 Å². The van der Waals surface area contributed by atoms with Gasteiger partial charge in [0.1, 0.15) is 11.5 Å². The van der Waals surface area contributed by atoms with E-state index in [0.717, 1.165) is 33.3 Å². The smallest absolute Gasteiger partial charge is 0.320 e. The summed E-state index contributed by atoms with van der Waals surface area (Å²) in [5, 5.41) is 3.70. The normalized spacial score (nSPS) is 18.1. The Morgan fingerprint density at radius 2 is 1.95 bits per heavy atom. The van der Waals surface area contributed by atoms with Gasteiger partial charge in [-0.05, 0) is 35.4 Å². The van der Waals surface area contributed by atoms with Crippen LogP contribution in [0.15, 0.2) is 48.9 Å². The molecule has 3 aliphatic rings. The van der Waals surface area contributed by atoms with Gasteiger partial charge >= 0.3 is 6.03 Å². The van der Waals surface area contributed by atoms with E-state index in [1.54, 1.807) is 16.0 Å². The summed E-state index contributed by atoms with van der Waals surface area (Å²) >= 11 is 0. The molecule has 10 heteroatoms. The molecule has 0 unspecified atom stereocenters. The number of rotatable bonds is 2. The monoisotopic (exact) mass is 500 g/mol. The summed E-state index contributed by atoms with van der Waals surface area (Å²) in [5.41, 5.74) is 5.30. The van der Waals surface area contributed by atoms with Crippen molar-refractivity contribution in [2.45, 2.75) is 13.1 Å². The Kier molecular flexibility index (Phi) is 5.03. The fraction of sp³-hybridized carbons (Fsp3) is 0.296. The first-order chi connectivity index (χ1) is 18.1. The average Bonchev–Trinajstić information content (AvgIpc) is 3.57. The van der Waals surface area contributed by atoms with E-state index in [4.69, 9.17) is 4.74 Å². The second kappa shape index (κ2) is 8.45. The summed E-state index contributed by atoms with van der Waals surface area (Å²) in [6.45, 7) is 3.94. The third-order valence-electron chi connectivity index (χ3n) is 7.49. The Labute approximate surface area is 211 Å². The van der Waals surface area contributed by atoms with Gasteiger partial charge in [0.15, 0.2) is 0 Å². The number of imidazole rings is 1. The maximum Gasteiger partial charge on any atom is 0.320 e. The number of hydrogen-bond donors (Lipinski definition) is 1. The van der Waals surface area contributed by atoms with Gasteiger partial charge in [-0.15, -0.1) is 0 Å². The minimum absolute atomic E-state index is 0.0464. The lowest BCUT2D eigenvalue weighted by Gasteiger charge is -2.32. The van der Waals surface area contributed by atoms with Crippen LogP contribution in [0, 0.1) is 5.82 Å². The van der Waals surface area contributed by atoms with E-state index in [2.05, 4.69) is 14.9 Å². The predicted octanol–water partition coefficient (Wildman–Crippen LogP) is 2.74. The van der Waals surface area contributed by atoms with Crippen LogP contribution in [0.5, 0.6) is 0 Å². The molecule has 3 aromatic heterocycles. The van der Waals surface area contributed by atoms with Crippen molar-refractivity contribution < 1.29 is 18.7 Å². The molecule has 1 saturated heterocycles. The van der Waals surface area contributed by atoms with E-state index < -0.39 is 0 Å². The van der Waals surface area contributed by atoms with Crippen LogP contribution in [0.4, 0.5) is 9.18 Å². The SMILES string of the molecule is O=C1NCC(c2cn3c4c(cc(F)cc24)CN(C(=O)N2CCOCC2)CC3)=C1c1cnc2ccccn12. The quantitative estimate of drug-likeness (QED) is 0.459. The predicted molar refractivity (Wildman–Crippen MR) is 135 cm³/mol. The number of nitrogens with one attached hydrogen (secondary N) is 1. The van der Waals surface area contributed by atoms with Crippen molar-refractivity contribution in [2.24, 2.45) is 0 Å². The molecule has 188 valence electrons. The molecule has 1 fully saturated rings. The molecule has 0 radical (unpaired) electrons. The number of carbonyl (C=O) groups excluding carboxylic acids is 2. The minimum Gasteiger partial charge on any atom is -0.378 e. The van der Waals surface area contributed by atoms with Crippen molar-refractivity contribution in [3.05, 3.63) is 71.6 Å². The number of carbonyl (C=O) groups is 2. The standard InChI is InChI=1S/C27H25FN6O3/c28-18-11-17-15-33(27(36)31-7-9-37-10-8-31)6-5-32-16-21(19(12-18)25(17)32)20-13-30-26(35)24(20)22-14-29-23-3-1-2-4-34(22)23/h1-4,11-12,14,16H,5-10,13,15H2,(H,30,35). The van der Waals surface area contributed by atoms with E-state index in [-0.39, 0.29) is 17.8 Å². The van der Waals surface area contributed by atoms with Crippen LogP contribution in [0.1, 0.15) is 16.8 Å². The van der Waals surface area contributed by atoms with Crippen molar-refractivity contribution in [3.8, 4) is 0 Å². The van der Waals surface area contributed by atoms with Gasteiger partial charge in [0.25, 0.3) is 5.91 Å². The van der Waals surface area contributed by atoms with Crippen LogP contribution in [-0.4, -0.2) is 75.1 Å². The maximum atomic E-state index is 15.0. The number of halogens is 1. The van der Waals surface area contributed by atoms with Crippen molar-refractivity contribution in [1.82, 2.24) is 29.1 Å². The van der Waals surface area contributed by atoms with Crippen LogP contribution in [0.25, 0.3) is 27.7 Å². The Bertz CT molecular complexity index is 1610. The second-order valence-corrected chi connectivity index (χ2v) is 9.61. The largest absolute Gasteiger partial charge is 0.378 e. The Morgan fingerprint density at radius 1 is 1.08 bits per heavy atom. The van der Waals surface area contributed by atoms with Crippen molar-refractivity contribution in [2.75, 3.05) is 39.4 Å². The molecule has 0 spiro atoms. The number of pyridine rings is 1. The molecule has 0 aliphatic carbocycles. The first-order valence-corrected chi connectivity index (χ1v) is 12.5. The summed E-state index contributed by atoms with van der Waals surface area (Å²) in [6, 6.07) is 8.70. The Hall–Kier alpha value is -4.18. The van der Waals surface area contributed by atoms with Gasteiger partial charge in [0.05, 0.1) is 36.2 Å². The lowest BCUT2D eigenvalue weighted by Crippen LogP contribution is -2.48. The third kappa shape index (κ3) is 3.51. The summed E-state index contributed by atoms with van der Waals surface area (Å²) in [5.74, 6) is -0.538. The zero-order valence-corrected chi connectivity index (χ0v) is 20.1. The fourth-order valence-corrected chi connectivity index (χ4v) is 5.76. The van der Waals surface area contributed by atoms with Crippen LogP contribution < -0.4 is 5.32 Å². The lowest BCUT2D eigenvalue weighted by molar-refractivity contribution is -0.114. The van der Waals surface area contributed by atoms with Gasteiger partial charge in [-0.25, -0.2) is 14.2 Å². The molecule has 9 nitrogen and oxygen atoms in total. The van der Waals surface area contributed by atoms with Crippen molar-refractivity contribution in [1.29, 1.82) is 0 Å². The fourth-order valence-electron chi connectivity index (χ4n) is 5.76. The average molecular weight is 501 g/mol. The summed E-state index contributed by atoms with van der Waals surface area (Å²) in [4.78, 5) is 34.3. The van der Waals surface area contributed by atoms with Crippen molar-refractivity contribution in [3.63, 3.8) is 0 Å². The molecular weight excluding hydrogens is 475 g/mol. The van der Waals surface area contributed by atoms with Gasteiger partial charge in [-0.1, -0.05) is 6.07 Å². The van der Waals surface area contributed by atoms with Crippen LogP contribution in [0.2, 0.25) is 0 Å². The highest BCUT2D eigenvalue weighted by atomic mass is 19.1. The number of benzene rings is 1. The first-order valence-electron chi connectivity index (χ1n) is 12.5. The number of amides is 3. The van der Waals surface area contributed by atoms with Crippen LogP contribution in [-0.2, 0) is 22.6 Å². The van der Waals surface area contributed by atoms with E-state index in [9.17, 15) is 9.59 Å². The third-order valence-corrected chi connectivity index (χ3v) is 7.49. The lowest BCUT2D eigenvalue weighted by atomic mass is 9.98. The molecule has 3 aliphatic heterocycles. The molecule has 0 bridgehead atoms. The molecule has 37 heavy (non-hydrogen) atoms. The van der Waals surface area contributed by atoms with Gasteiger partial charge in [-0.2, -0.15) is 0 Å². The molecular formula is C27H25FN6O3. The number of hydrogen-bond acceptors (Lipinski definition) is 4. The maximum absolute atomic E-state index is 15.0. The Morgan fingerprint density at radius 3 is 2.81 bits per heavy atom. The molecule has 7 rings (SSSR count). The Balaban J connectivity index is 1.34. The van der Waals surface area contributed by atoms with E-state index >= 15 is 4.39 Å².